The zero-order valence-corrected chi connectivity index (χ0v) is 14.5. The average molecular weight is 385 g/mol. The van der Waals surface area contributed by atoms with Crippen molar-refractivity contribution in [1.29, 1.82) is 0 Å². The molecule has 0 aliphatic carbocycles. The van der Waals surface area contributed by atoms with E-state index in [-0.39, 0.29) is 29.6 Å². The van der Waals surface area contributed by atoms with E-state index >= 15 is 0 Å². The predicted octanol–water partition coefficient (Wildman–Crippen LogP) is 2.84. The van der Waals surface area contributed by atoms with Gasteiger partial charge < -0.3 is 15.4 Å². The third-order valence-corrected chi connectivity index (χ3v) is 4.09. The molecule has 0 aliphatic rings. The summed E-state index contributed by atoms with van der Waals surface area (Å²) in [5.74, 6) is -2.08. The molecule has 1 heterocycles. The van der Waals surface area contributed by atoms with Crippen LogP contribution in [0.2, 0.25) is 5.02 Å². The van der Waals surface area contributed by atoms with Crippen LogP contribution in [0.3, 0.4) is 0 Å². The van der Waals surface area contributed by atoms with Crippen molar-refractivity contribution >= 4 is 46.4 Å². The number of carbonyl (C=O) groups is 3. The van der Waals surface area contributed by atoms with Crippen LogP contribution in [0.5, 0.6) is 0 Å². The molecule has 0 fully saturated rings. The maximum absolute atomic E-state index is 13.0. The van der Waals surface area contributed by atoms with Gasteiger partial charge in [0.25, 0.3) is 11.8 Å². The normalized spacial score (nSPS) is 10.2. The summed E-state index contributed by atoms with van der Waals surface area (Å²) in [4.78, 5) is 35.4. The summed E-state index contributed by atoms with van der Waals surface area (Å²) in [6.45, 7) is -0.391. The minimum absolute atomic E-state index is 0.0627. The first-order valence-corrected chi connectivity index (χ1v) is 8.43. The van der Waals surface area contributed by atoms with E-state index in [0.717, 1.165) is 6.07 Å². The maximum Gasteiger partial charge on any atom is 0.308 e. The number of halogens is 2. The second kappa shape index (κ2) is 9.14. The van der Waals surface area contributed by atoms with Gasteiger partial charge in [0.05, 0.1) is 16.3 Å². The van der Waals surface area contributed by atoms with Gasteiger partial charge in [0.1, 0.15) is 5.82 Å². The van der Waals surface area contributed by atoms with Gasteiger partial charge >= 0.3 is 5.97 Å². The number of anilines is 1. The largest absolute Gasteiger partial charge is 0.456 e. The molecule has 2 aromatic rings. The van der Waals surface area contributed by atoms with Gasteiger partial charge in [0.2, 0.25) is 0 Å². The number of nitrogens with one attached hydrogen (secondary N) is 2. The number of carbonyl (C=O) groups excluding carboxylic acids is 3. The van der Waals surface area contributed by atoms with Crippen LogP contribution in [0.4, 0.5) is 10.1 Å². The molecule has 9 heteroatoms. The summed E-state index contributed by atoms with van der Waals surface area (Å²) in [6, 6.07) is 7.11. The average Bonchev–Trinajstić information content (AvgIpc) is 3.11. The Kier molecular flexibility index (Phi) is 6.91. The zero-order valence-electron chi connectivity index (χ0n) is 12.9. The lowest BCUT2D eigenvalue weighted by atomic mass is 10.3. The Morgan fingerprint density at radius 3 is 2.72 bits per heavy atom. The lowest BCUT2D eigenvalue weighted by Gasteiger charge is -2.07. The first kappa shape index (κ1) is 18.9. The molecular weight excluding hydrogens is 371 g/mol. The second-order valence-electron chi connectivity index (χ2n) is 4.82. The second-order valence-corrected chi connectivity index (χ2v) is 6.18. The Morgan fingerprint density at radius 1 is 1.24 bits per heavy atom. The van der Waals surface area contributed by atoms with Crippen LogP contribution in [-0.4, -0.2) is 30.9 Å². The third kappa shape index (κ3) is 6.17. The Balaban J connectivity index is 1.66. The van der Waals surface area contributed by atoms with Gasteiger partial charge in [-0.25, -0.2) is 4.39 Å². The van der Waals surface area contributed by atoms with Crippen molar-refractivity contribution in [3.05, 3.63) is 51.4 Å². The Bertz CT molecular complexity index is 768. The smallest absolute Gasteiger partial charge is 0.308 e. The van der Waals surface area contributed by atoms with Gasteiger partial charge in [-0.2, -0.15) is 0 Å². The molecule has 0 spiro atoms. The number of rotatable bonds is 7. The molecule has 6 nitrogen and oxygen atoms in total. The predicted molar refractivity (Wildman–Crippen MR) is 92.3 cm³/mol. The van der Waals surface area contributed by atoms with Gasteiger partial charge in [0, 0.05) is 12.2 Å². The highest BCUT2D eigenvalue weighted by Gasteiger charge is 2.11. The Morgan fingerprint density at radius 2 is 2.04 bits per heavy atom. The van der Waals surface area contributed by atoms with Crippen LogP contribution in [0, 0.1) is 5.82 Å². The highest BCUT2D eigenvalue weighted by Crippen LogP contribution is 2.19. The molecule has 2 N–H and O–H groups in total. The third-order valence-electron chi connectivity index (χ3n) is 2.93. The molecule has 0 bridgehead atoms. The zero-order chi connectivity index (χ0) is 18.2. The number of ether oxygens (including phenoxy) is 1. The molecule has 1 aromatic carbocycles. The van der Waals surface area contributed by atoms with Crippen LogP contribution in [0.1, 0.15) is 16.1 Å². The van der Waals surface area contributed by atoms with E-state index in [0.29, 0.717) is 4.88 Å². The SMILES string of the molecule is O=C(COC(=O)CCNC(=O)c1cccs1)Nc1ccc(F)c(Cl)c1. The first-order valence-electron chi connectivity index (χ1n) is 7.18. The van der Waals surface area contributed by atoms with Crippen LogP contribution in [0.15, 0.2) is 35.7 Å². The minimum Gasteiger partial charge on any atom is -0.456 e. The number of esters is 1. The molecule has 1 aromatic heterocycles. The van der Waals surface area contributed by atoms with Crippen molar-refractivity contribution < 1.29 is 23.5 Å². The summed E-state index contributed by atoms with van der Waals surface area (Å²) in [6.07, 6.45) is -0.0627. The van der Waals surface area contributed by atoms with E-state index in [1.807, 2.05) is 0 Å². The molecule has 25 heavy (non-hydrogen) atoms. The van der Waals surface area contributed by atoms with E-state index < -0.39 is 24.3 Å². The van der Waals surface area contributed by atoms with Gasteiger partial charge in [-0.05, 0) is 29.6 Å². The van der Waals surface area contributed by atoms with Crippen molar-refractivity contribution in [1.82, 2.24) is 5.32 Å². The number of amides is 2. The minimum atomic E-state index is -0.626. The summed E-state index contributed by atoms with van der Waals surface area (Å²) < 4.78 is 17.8. The van der Waals surface area contributed by atoms with E-state index in [2.05, 4.69) is 10.6 Å². The molecule has 0 atom stereocenters. The molecule has 132 valence electrons. The maximum atomic E-state index is 13.0. The van der Waals surface area contributed by atoms with Crippen molar-refractivity contribution in [2.75, 3.05) is 18.5 Å². The Hall–Kier alpha value is -2.45. The summed E-state index contributed by atoms with van der Waals surface area (Å²) in [5.41, 5.74) is 0.288. The van der Waals surface area contributed by atoms with Gasteiger partial charge in [-0.3, -0.25) is 14.4 Å². The standard InChI is InChI=1S/C16H14ClFN2O4S/c17-11-8-10(3-4-12(11)18)20-14(21)9-24-15(22)5-6-19-16(23)13-2-1-7-25-13/h1-4,7-8H,5-6,9H2,(H,19,23)(H,20,21). The molecule has 0 unspecified atom stereocenters. The number of thiophene rings is 1. The number of hydrogen-bond acceptors (Lipinski definition) is 5. The quantitative estimate of drug-likeness (QED) is 0.719. The van der Waals surface area contributed by atoms with Gasteiger partial charge in [-0.15, -0.1) is 11.3 Å². The van der Waals surface area contributed by atoms with E-state index in [1.165, 1.54) is 23.5 Å². The van der Waals surface area contributed by atoms with Gasteiger partial charge in [0.15, 0.2) is 6.61 Å². The monoisotopic (exact) mass is 384 g/mol. The lowest BCUT2D eigenvalue weighted by molar-refractivity contribution is -0.147. The molecule has 0 radical (unpaired) electrons. The van der Waals surface area contributed by atoms with Crippen molar-refractivity contribution in [3.63, 3.8) is 0 Å². The van der Waals surface area contributed by atoms with Crippen LogP contribution < -0.4 is 10.6 Å². The number of benzene rings is 1. The topological polar surface area (TPSA) is 84.5 Å². The molecule has 0 saturated carbocycles. The summed E-state index contributed by atoms with van der Waals surface area (Å²) >= 11 is 6.89. The van der Waals surface area contributed by atoms with Crippen LogP contribution in [0.25, 0.3) is 0 Å². The van der Waals surface area contributed by atoms with E-state index in [1.54, 1.807) is 17.5 Å². The molecule has 0 saturated heterocycles. The van der Waals surface area contributed by atoms with Crippen molar-refractivity contribution in [2.45, 2.75) is 6.42 Å². The molecular formula is C16H14ClFN2O4S. The van der Waals surface area contributed by atoms with E-state index in [9.17, 15) is 18.8 Å². The summed E-state index contributed by atoms with van der Waals surface area (Å²) in [5, 5.41) is 6.64. The molecule has 2 rings (SSSR count). The highest BCUT2D eigenvalue weighted by atomic mass is 35.5. The fourth-order valence-electron chi connectivity index (χ4n) is 1.76. The number of hydrogen-bond donors (Lipinski definition) is 2. The van der Waals surface area contributed by atoms with Crippen molar-refractivity contribution in [2.24, 2.45) is 0 Å². The first-order chi connectivity index (χ1) is 12.0. The lowest BCUT2D eigenvalue weighted by Crippen LogP contribution is -2.27. The van der Waals surface area contributed by atoms with Crippen LogP contribution >= 0.6 is 22.9 Å². The summed E-state index contributed by atoms with van der Waals surface area (Å²) in [7, 11) is 0. The molecule has 0 aliphatic heterocycles. The van der Waals surface area contributed by atoms with Crippen molar-refractivity contribution in [3.8, 4) is 0 Å². The fraction of sp³-hybridized carbons (Fsp3) is 0.188. The Labute approximate surface area is 151 Å². The highest BCUT2D eigenvalue weighted by molar-refractivity contribution is 7.12. The van der Waals surface area contributed by atoms with Crippen LogP contribution in [-0.2, 0) is 14.3 Å². The molecule has 2 amide bonds. The fourth-order valence-corrected chi connectivity index (χ4v) is 2.58. The van der Waals surface area contributed by atoms with E-state index in [4.69, 9.17) is 16.3 Å². The van der Waals surface area contributed by atoms with Gasteiger partial charge in [-0.1, -0.05) is 17.7 Å².